The minimum Gasteiger partial charge on any atom is -0.456 e. The van der Waals surface area contributed by atoms with Crippen LogP contribution in [0.5, 0.6) is 0 Å². The van der Waals surface area contributed by atoms with Crippen molar-refractivity contribution in [2.24, 2.45) is 0 Å². The Morgan fingerprint density at radius 3 is 2.50 bits per heavy atom. The Morgan fingerprint density at radius 2 is 2.06 bits per heavy atom. The molecule has 0 heterocycles. The second kappa shape index (κ2) is 5.22. The molecule has 0 aliphatic rings. The summed E-state index contributed by atoms with van der Waals surface area (Å²) in [6.45, 7) is 1.74. The normalized spacial score (nSPS) is 11.9. The molecule has 6 nitrogen and oxygen atoms in total. The van der Waals surface area contributed by atoms with E-state index >= 15 is 0 Å². The molecule has 0 amide bonds. The Balaban J connectivity index is 2.56. The van der Waals surface area contributed by atoms with Crippen molar-refractivity contribution in [3.8, 4) is 0 Å². The van der Waals surface area contributed by atoms with E-state index in [9.17, 15) is 14.9 Å². The van der Waals surface area contributed by atoms with Crippen LogP contribution < -0.4 is 5.73 Å². The zero-order valence-corrected chi connectivity index (χ0v) is 8.88. The number of nitro groups is 1. The molecular weight excluding hydrogens is 212 g/mol. The van der Waals surface area contributed by atoms with E-state index in [1.54, 1.807) is 19.1 Å². The fraction of sp³-hybridized carbons (Fsp3) is 0.300. The summed E-state index contributed by atoms with van der Waals surface area (Å²) in [6, 6.07) is 5.43. The van der Waals surface area contributed by atoms with E-state index in [0.717, 1.165) is 0 Å². The molecule has 0 spiro atoms. The number of nitro benzene ring substituents is 1. The fourth-order valence-electron chi connectivity index (χ4n) is 1.01. The summed E-state index contributed by atoms with van der Waals surface area (Å²) >= 11 is 0. The smallest absolute Gasteiger partial charge is 0.364 e. The maximum Gasteiger partial charge on any atom is 0.364 e. The van der Waals surface area contributed by atoms with Crippen LogP contribution in [0.2, 0.25) is 0 Å². The van der Waals surface area contributed by atoms with Crippen molar-refractivity contribution >= 4 is 11.7 Å². The molecule has 0 aliphatic heterocycles. The fourth-order valence-corrected chi connectivity index (χ4v) is 1.01. The number of hydrogen-bond donors (Lipinski definition) is 1. The lowest BCUT2D eigenvalue weighted by Crippen LogP contribution is -2.63. The SMILES string of the molecule is C[C@@H]([NH3+])C(=O)OCc1ccc([N+](=O)[O-])cc1. The summed E-state index contributed by atoms with van der Waals surface area (Å²) in [5, 5.41) is 10.4. The van der Waals surface area contributed by atoms with Crippen LogP contribution in [0.1, 0.15) is 12.5 Å². The van der Waals surface area contributed by atoms with Gasteiger partial charge in [0.05, 0.1) is 4.92 Å². The van der Waals surface area contributed by atoms with Crippen molar-refractivity contribution in [2.45, 2.75) is 19.6 Å². The van der Waals surface area contributed by atoms with Crippen LogP contribution in [0.25, 0.3) is 0 Å². The first-order valence-corrected chi connectivity index (χ1v) is 4.73. The summed E-state index contributed by atoms with van der Waals surface area (Å²) < 4.78 is 4.92. The zero-order valence-electron chi connectivity index (χ0n) is 8.88. The number of hydrogen-bond acceptors (Lipinski definition) is 4. The highest BCUT2D eigenvalue weighted by Crippen LogP contribution is 2.12. The van der Waals surface area contributed by atoms with Gasteiger partial charge in [-0.2, -0.15) is 0 Å². The van der Waals surface area contributed by atoms with E-state index < -0.39 is 16.9 Å². The van der Waals surface area contributed by atoms with E-state index in [1.165, 1.54) is 12.1 Å². The van der Waals surface area contributed by atoms with E-state index in [4.69, 9.17) is 4.74 Å². The third-order valence-electron chi connectivity index (χ3n) is 1.93. The second-order valence-electron chi connectivity index (χ2n) is 3.43. The number of carbonyl (C=O) groups excluding carboxylic acids is 1. The van der Waals surface area contributed by atoms with Crippen LogP contribution in [0.4, 0.5) is 5.69 Å². The van der Waals surface area contributed by atoms with Gasteiger partial charge in [0.2, 0.25) is 0 Å². The molecule has 0 saturated carbocycles. The largest absolute Gasteiger partial charge is 0.456 e. The highest BCUT2D eigenvalue weighted by atomic mass is 16.6. The lowest BCUT2D eigenvalue weighted by Gasteiger charge is -2.04. The van der Waals surface area contributed by atoms with Gasteiger partial charge in [0.25, 0.3) is 5.69 Å². The average molecular weight is 225 g/mol. The van der Waals surface area contributed by atoms with Crippen LogP contribution in [-0.2, 0) is 16.1 Å². The number of carbonyl (C=O) groups is 1. The van der Waals surface area contributed by atoms with Crippen molar-refractivity contribution in [1.82, 2.24) is 0 Å². The van der Waals surface area contributed by atoms with Gasteiger partial charge >= 0.3 is 5.97 Å². The maximum absolute atomic E-state index is 11.1. The highest BCUT2D eigenvalue weighted by Gasteiger charge is 2.12. The predicted octanol–water partition coefficient (Wildman–Crippen LogP) is 0.268. The van der Waals surface area contributed by atoms with Gasteiger partial charge in [0, 0.05) is 12.1 Å². The molecule has 0 radical (unpaired) electrons. The van der Waals surface area contributed by atoms with E-state index in [-0.39, 0.29) is 12.3 Å². The Hall–Kier alpha value is -1.95. The molecular formula is C10H13N2O4+. The Morgan fingerprint density at radius 1 is 1.50 bits per heavy atom. The number of benzene rings is 1. The summed E-state index contributed by atoms with van der Waals surface area (Å²) in [4.78, 5) is 21.0. The first-order valence-electron chi connectivity index (χ1n) is 4.73. The van der Waals surface area contributed by atoms with Crippen LogP contribution in [0, 0.1) is 10.1 Å². The van der Waals surface area contributed by atoms with Gasteiger partial charge in [-0.25, -0.2) is 4.79 Å². The Bertz CT molecular complexity index is 386. The summed E-state index contributed by atoms with van der Waals surface area (Å²) in [6.07, 6.45) is 0. The number of nitrogens with zero attached hydrogens (tertiary/aromatic N) is 1. The van der Waals surface area contributed by atoms with E-state index in [0.29, 0.717) is 5.56 Å². The van der Waals surface area contributed by atoms with Crippen LogP contribution in [-0.4, -0.2) is 16.9 Å². The molecule has 6 heteroatoms. The first kappa shape index (κ1) is 12.1. The quantitative estimate of drug-likeness (QED) is 0.451. The molecule has 1 aromatic rings. The molecule has 0 aromatic heterocycles. The molecule has 1 rings (SSSR count). The van der Waals surface area contributed by atoms with Gasteiger partial charge in [-0.05, 0) is 24.6 Å². The number of quaternary nitrogens is 1. The molecule has 3 N–H and O–H groups in total. The highest BCUT2D eigenvalue weighted by molar-refractivity contribution is 5.73. The van der Waals surface area contributed by atoms with E-state index in [1.807, 2.05) is 0 Å². The molecule has 0 fully saturated rings. The van der Waals surface area contributed by atoms with Gasteiger partial charge in [-0.1, -0.05) is 0 Å². The zero-order chi connectivity index (χ0) is 12.1. The van der Waals surface area contributed by atoms with Crippen molar-refractivity contribution < 1.29 is 20.2 Å². The molecule has 16 heavy (non-hydrogen) atoms. The van der Waals surface area contributed by atoms with Gasteiger partial charge in [0.15, 0.2) is 6.04 Å². The van der Waals surface area contributed by atoms with Crippen LogP contribution >= 0.6 is 0 Å². The Labute approximate surface area is 92.2 Å². The summed E-state index contributed by atoms with van der Waals surface area (Å²) in [5.41, 5.74) is 4.25. The van der Waals surface area contributed by atoms with Gasteiger partial charge < -0.3 is 10.5 Å². The molecule has 86 valence electrons. The molecule has 0 saturated heterocycles. The van der Waals surface area contributed by atoms with Gasteiger partial charge in [0.1, 0.15) is 6.61 Å². The van der Waals surface area contributed by atoms with E-state index in [2.05, 4.69) is 5.73 Å². The molecule has 0 bridgehead atoms. The lowest BCUT2D eigenvalue weighted by molar-refractivity contribution is -0.403. The molecule has 1 aromatic carbocycles. The third-order valence-corrected chi connectivity index (χ3v) is 1.93. The van der Waals surface area contributed by atoms with Gasteiger partial charge in [-0.3, -0.25) is 10.1 Å². The van der Waals surface area contributed by atoms with Crippen molar-refractivity contribution in [3.05, 3.63) is 39.9 Å². The predicted molar refractivity (Wildman–Crippen MR) is 55.2 cm³/mol. The Kier molecular flexibility index (Phi) is 3.96. The van der Waals surface area contributed by atoms with Crippen molar-refractivity contribution in [3.63, 3.8) is 0 Å². The van der Waals surface area contributed by atoms with Gasteiger partial charge in [-0.15, -0.1) is 0 Å². The molecule has 0 aliphatic carbocycles. The standard InChI is InChI=1S/C10H12N2O4/c1-7(11)10(13)16-6-8-2-4-9(5-3-8)12(14)15/h2-5,7H,6,11H2,1H3/p+1/t7-/m1/s1. The monoisotopic (exact) mass is 225 g/mol. The molecule has 0 unspecified atom stereocenters. The molecule has 1 atom stereocenters. The topological polar surface area (TPSA) is 97.1 Å². The van der Waals surface area contributed by atoms with Crippen LogP contribution in [0.15, 0.2) is 24.3 Å². The number of non-ortho nitro benzene ring substituents is 1. The summed E-state index contributed by atoms with van der Waals surface area (Å²) in [7, 11) is 0. The van der Waals surface area contributed by atoms with Crippen molar-refractivity contribution in [1.29, 1.82) is 0 Å². The second-order valence-corrected chi connectivity index (χ2v) is 3.43. The minimum absolute atomic E-state index is 0.0144. The number of rotatable bonds is 4. The summed E-state index contributed by atoms with van der Waals surface area (Å²) in [5.74, 6) is -0.390. The maximum atomic E-state index is 11.1. The number of ether oxygens (including phenoxy) is 1. The lowest BCUT2D eigenvalue weighted by atomic mass is 10.2. The van der Waals surface area contributed by atoms with Crippen LogP contribution in [0.3, 0.4) is 0 Å². The average Bonchev–Trinajstić information content (AvgIpc) is 2.26. The van der Waals surface area contributed by atoms with Crippen molar-refractivity contribution in [2.75, 3.05) is 0 Å². The first-order chi connectivity index (χ1) is 7.50. The number of esters is 1. The minimum atomic E-state index is -0.478. The third kappa shape index (κ3) is 3.32.